The van der Waals surface area contributed by atoms with E-state index in [-0.39, 0.29) is 26.2 Å². The van der Waals surface area contributed by atoms with Gasteiger partial charge in [0.25, 0.3) is 10.0 Å². The number of nitrogens with one attached hydrogen (secondary N) is 1. The van der Waals surface area contributed by atoms with Gasteiger partial charge in [0.15, 0.2) is 0 Å². The minimum Gasteiger partial charge on any atom is -0.399 e. The summed E-state index contributed by atoms with van der Waals surface area (Å²) in [6.07, 6.45) is 1.75. The van der Waals surface area contributed by atoms with E-state index in [9.17, 15) is 12.6 Å². The Balaban J connectivity index is 2.39. The van der Waals surface area contributed by atoms with Crippen molar-refractivity contribution >= 4 is 67.7 Å². The Morgan fingerprint density at radius 3 is 2.37 bits per heavy atom. The number of hydrogen-bond acceptors (Lipinski definition) is 7. The van der Waals surface area contributed by atoms with Crippen LogP contribution in [0.2, 0.25) is 0 Å². The average molecular weight is 476 g/mol. The quantitative estimate of drug-likeness (QED) is 0.164. The highest BCUT2D eigenvalue weighted by Crippen LogP contribution is 2.39. The van der Waals surface area contributed by atoms with Crippen molar-refractivity contribution in [2.45, 2.75) is 18.9 Å². The maximum atomic E-state index is 14.3. The zero-order valence-electron chi connectivity index (χ0n) is 15.7. The second-order valence-electron chi connectivity index (χ2n) is 6.10. The fourth-order valence-electron chi connectivity index (χ4n) is 2.58. The van der Waals surface area contributed by atoms with Crippen molar-refractivity contribution in [3.63, 3.8) is 0 Å². The fourth-order valence-corrected chi connectivity index (χ4v) is 9.18. The number of benzene rings is 2. The molecular weight excluding hydrogens is 459 g/mol. The molecule has 3 aromatic rings. The second-order valence-corrected chi connectivity index (χ2v) is 12.2. The Labute approximate surface area is 185 Å². The maximum Gasteiger partial charge on any atom is 0.290 e. The molecule has 0 amide bonds. The lowest BCUT2D eigenvalue weighted by molar-refractivity contribution is 0.598. The van der Waals surface area contributed by atoms with Crippen molar-refractivity contribution in [2.24, 2.45) is 9.50 Å². The lowest BCUT2D eigenvalue weighted by atomic mass is 9.97. The zero-order chi connectivity index (χ0) is 22.1. The molecule has 7 nitrogen and oxygen atoms in total. The molecule has 0 saturated heterocycles. The molecule has 0 spiro atoms. The van der Waals surface area contributed by atoms with Crippen LogP contribution >= 0.6 is 23.1 Å². The number of nitrogen functional groups attached to an aromatic ring is 2. The van der Waals surface area contributed by atoms with Crippen molar-refractivity contribution in [1.29, 1.82) is 5.41 Å². The monoisotopic (exact) mass is 476 g/mol. The van der Waals surface area contributed by atoms with Gasteiger partial charge in [-0.1, -0.05) is 33.5 Å². The summed E-state index contributed by atoms with van der Waals surface area (Å²) in [6, 6.07) is 13.2. The SMILES string of the molecule is [B]c1cccc(S(=O)(=NS(=O)(=O)c2cccc(N)c2)c2cc(C(=N)N)sc2SC)c1. The Morgan fingerprint density at radius 1 is 1.10 bits per heavy atom. The van der Waals surface area contributed by atoms with Gasteiger partial charge < -0.3 is 11.5 Å². The van der Waals surface area contributed by atoms with Crippen LogP contribution in [0.3, 0.4) is 0 Å². The molecule has 0 fully saturated rings. The van der Waals surface area contributed by atoms with E-state index in [2.05, 4.69) is 3.77 Å². The summed E-state index contributed by atoms with van der Waals surface area (Å²) in [6.45, 7) is 0. The van der Waals surface area contributed by atoms with Gasteiger partial charge in [0.2, 0.25) is 0 Å². The molecule has 0 aliphatic rings. The summed E-state index contributed by atoms with van der Waals surface area (Å²) < 4.78 is 44.8. The van der Waals surface area contributed by atoms with Gasteiger partial charge in [0, 0.05) is 5.69 Å². The Morgan fingerprint density at radius 2 is 1.77 bits per heavy atom. The van der Waals surface area contributed by atoms with Gasteiger partial charge >= 0.3 is 0 Å². The summed E-state index contributed by atoms with van der Waals surface area (Å²) in [7, 11) is -2.17. The Kier molecular flexibility index (Phi) is 6.32. The van der Waals surface area contributed by atoms with Crippen molar-refractivity contribution in [1.82, 2.24) is 0 Å². The summed E-state index contributed by atoms with van der Waals surface area (Å²) in [4.78, 5) is 0.496. The van der Waals surface area contributed by atoms with Crippen LogP contribution in [0, 0.1) is 5.41 Å². The molecule has 30 heavy (non-hydrogen) atoms. The third-order valence-electron chi connectivity index (χ3n) is 3.95. The molecule has 2 radical (unpaired) electrons. The number of nitrogens with two attached hydrogens (primary N) is 2. The Hall–Kier alpha value is -2.28. The molecule has 2 aromatic carbocycles. The van der Waals surface area contributed by atoms with Gasteiger partial charge in [0.05, 0.1) is 23.8 Å². The molecule has 12 heteroatoms. The normalized spacial score (nSPS) is 13.5. The molecule has 154 valence electrons. The molecule has 1 heterocycles. The summed E-state index contributed by atoms with van der Waals surface area (Å²) >= 11 is 2.41. The number of thiophene rings is 1. The van der Waals surface area contributed by atoms with Gasteiger partial charge in [0.1, 0.15) is 23.4 Å². The van der Waals surface area contributed by atoms with Gasteiger partial charge in [-0.05, 0) is 36.6 Å². The van der Waals surface area contributed by atoms with Crippen molar-refractivity contribution in [2.75, 3.05) is 12.0 Å². The minimum absolute atomic E-state index is 0.137. The van der Waals surface area contributed by atoms with E-state index in [4.69, 9.17) is 24.7 Å². The number of sulfonamides is 1. The van der Waals surface area contributed by atoms with Crippen LogP contribution in [-0.2, 0) is 19.8 Å². The van der Waals surface area contributed by atoms with Gasteiger partial charge in [-0.25, -0.2) is 4.21 Å². The topological polar surface area (TPSA) is 139 Å². The van der Waals surface area contributed by atoms with Crippen LogP contribution in [0.1, 0.15) is 4.88 Å². The first-order valence-corrected chi connectivity index (χ1v) is 13.3. The molecule has 1 atom stereocenters. The van der Waals surface area contributed by atoms with E-state index in [0.29, 0.717) is 14.5 Å². The third-order valence-corrected chi connectivity index (χ3v) is 10.8. The zero-order valence-corrected chi connectivity index (χ0v) is 19.0. The smallest absolute Gasteiger partial charge is 0.290 e. The first-order chi connectivity index (χ1) is 14.1. The molecule has 0 saturated carbocycles. The highest BCUT2D eigenvalue weighted by molar-refractivity contribution is 8.05. The molecule has 0 bridgehead atoms. The van der Waals surface area contributed by atoms with Crippen molar-refractivity contribution in [3.8, 4) is 0 Å². The van der Waals surface area contributed by atoms with Crippen LogP contribution in [-0.4, -0.2) is 32.6 Å². The van der Waals surface area contributed by atoms with Crippen LogP contribution in [0.25, 0.3) is 0 Å². The highest BCUT2D eigenvalue weighted by atomic mass is 32.3. The maximum absolute atomic E-state index is 14.3. The Bertz CT molecular complexity index is 1360. The van der Waals surface area contributed by atoms with Crippen LogP contribution < -0.4 is 16.9 Å². The molecule has 1 aromatic heterocycles. The van der Waals surface area contributed by atoms with E-state index in [1.165, 1.54) is 54.2 Å². The summed E-state index contributed by atoms with van der Waals surface area (Å²) in [5.74, 6) is -0.213. The molecule has 0 aliphatic heterocycles. The molecule has 0 aliphatic carbocycles. The van der Waals surface area contributed by atoms with Crippen LogP contribution in [0.15, 0.2) is 77.3 Å². The minimum atomic E-state index is -4.35. The standard InChI is InChI=1S/C18H17BN4O3S4/c1-27-18-16(10-15(28-18)17(21)22)29(24,13-6-2-4-11(19)8-13)23-30(25,26)14-7-3-5-12(20)9-14/h2-10H,20H2,1H3,(H3,21,22). The average Bonchev–Trinajstić information content (AvgIpc) is 3.13. The lowest BCUT2D eigenvalue weighted by Gasteiger charge is -2.12. The van der Waals surface area contributed by atoms with E-state index < -0.39 is 19.8 Å². The molecular formula is C18H17BN4O3S4. The van der Waals surface area contributed by atoms with Crippen molar-refractivity contribution in [3.05, 3.63) is 59.5 Å². The van der Waals surface area contributed by atoms with Gasteiger partial charge in [-0.2, -0.15) is 8.42 Å². The fraction of sp³-hybridized carbons (Fsp3) is 0.0556. The number of amidine groups is 1. The van der Waals surface area contributed by atoms with Gasteiger partial charge in [-0.3, -0.25) is 5.41 Å². The van der Waals surface area contributed by atoms with Crippen molar-refractivity contribution < 1.29 is 12.6 Å². The van der Waals surface area contributed by atoms with E-state index in [1.807, 2.05) is 0 Å². The number of anilines is 1. The molecule has 1 unspecified atom stereocenters. The highest BCUT2D eigenvalue weighted by Gasteiger charge is 2.27. The number of nitrogens with zero attached hydrogens (tertiary/aromatic N) is 1. The number of thioether (sulfide) groups is 1. The number of hydrogen-bond donors (Lipinski definition) is 3. The predicted octanol–water partition coefficient (Wildman–Crippen LogP) is 2.40. The second kappa shape index (κ2) is 8.46. The first-order valence-electron chi connectivity index (χ1n) is 8.33. The summed E-state index contributed by atoms with van der Waals surface area (Å²) in [5.41, 5.74) is 11.9. The lowest BCUT2D eigenvalue weighted by Crippen LogP contribution is -2.12. The largest absolute Gasteiger partial charge is 0.399 e. The van der Waals surface area contributed by atoms with Gasteiger partial charge in [-0.15, -0.1) is 23.1 Å². The number of rotatable bonds is 6. The third kappa shape index (κ3) is 4.41. The van der Waals surface area contributed by atoms with E-state index in [0.717, 1.165) is 11.3 Å². The predicted molar refractivity (Wildman–Crippen MR) is 124 cm³/mol. The summed E-state index contributed by atoms with van der Waals surface area (Å²) in [5, 5.41) is 7.71. The first kappa shape index (κ1) is 22.4. The van der Waals surface area contributed by atoms with E-state index in [1.54, 1.807) is 18.4 Å². The molecule has 5 N–H and O–H groups in total. The van der Waals surface area contributed by atoms with Crippen LogP contribution in [0.4, 0.5) is 5.69 Å². The van der Waals surface area contributed by atoms with E-state index >= 15 is 0 Å². The van der Waals surface area contributed by atoms with Crippen LogP contribution in [0.5, 0.6) is 0 Å². The molecule has 3 rings (SSSR count).